The Balaban J connectivity index is 3.74. The molecule has 3 N–H and O–H groups in total. The molecule has 0 heterocycles. The number of amides is 1. The number of hydrogen-bond acceptors (Lipinski definition) is 4. The molecule has 0 aliphatic carbocycles. The van der Waals surface area contributed by atoms with Gasteiger partial charge in [-0.3, -0.25) is 4.79 Å². The summed E-state index contributed by atoms with van der Waals surface area (Å²) < 4.78 is 4.76. The van der Waals surface area contributed by atoms with E-state index in [1.165, 1.54) is 52.1 Å². The van der Waals surface area contributed by atoms with Gasteiger partial charge in [-0.05, 0) is 32.2 Å². The summed E-state index contributed by atoms with van der Waals surface area (Å²) >= 11 is 0. The van der Waals surface area contributed by atoms with Crippen LogP contribution < -0.4 is 11.1 Å². The molecule has 0 fully saturated rings. The number of esters is 1. The highest BCUT2D eigenvalue weighted by molar-refractivity contribution is 5.84. The normalized spacial score (nSPS) is 12.0. The largest absolute Gasteiger partial charge is 0.467 e. The van der Waals surface area contributed by atoms with E-state index in [0.29, 0.717) is 19.4 Å². The molecule has 0 spiro atoms. The summed E-state index contributed by atoms with van der Waals surface area (Å²) in [7, 11) is 1.35. The number of nitrogens with two attached hydrogens (primary N) is 1. The van der Waals surface area contributed by atoms with Gasteiger partial charge in [0.1, 0.15) is 6.04 Å². The second-order valence-electron chi connectivity index (χ2n) is 6.51. The maximum absolute atomic E-state index is 12.0. The fraction of sp³-hybridized carbons (Fsp3) is 0.895. The van der Waals surface area contributed by atoms with E-state index in [9.17, 15) is 9.59 Å². The quantitative estimate of drug-likeness (QED) is 0.331. The number of carbonyl (C=O) groups excluding carboxylic acids is 2. The zero-order valence-corrected chi connectivity index (χ0v) is 15.8. The number of ether oxygens (including phenoxy) is 1. The van der Waals surface area contributed by atoms with Crippen LogP contribution in [-0.2, 0) is 14.3 Å². The van der Waals surface area contributed by atoms with Gasteiger partial charge < -0.3 is 15.8 Å². The van der Waals surface area contributed by atoms with Crippen molar-refractivity contribution in [3.63, 3.8) is 0 Å². The predicted octanol–water partition coefficient (Wildman–Crippen LogP) is 3.69. The maximum atomic E-state index is 12.0. The van der Waals surface area contributed by atoms with Crippen LogP contribution in [0.4, 0.5) is 0 Å². The summed E-state index contributed by atoms with van der Waals surface area (Å²) in [5, 5.41) is 2.80. The van der Waals surface area contributed by atoms with Crippen molar-refractivity contribution in [1.29, 1.82) is 0 Å². The number of rotatable bonds is 16. The highest BCUT2D eigenvalue weighted by Crippen LogP contribution is 2.11. The molecule has 0 aliphatic heterocycles. The highest BCUT2D eigenvalue weighted by atomic mass is 16.5. The Kier molecular flexibility index (Phi) is 16.0. The second kappa shape index (κ2) is 16.7. The van der Waals surface area contributed by atoms with Crippen molar-refractivity contribution in [1.82, 2.24) is 5.32 Å². The van der Waals surface area contributed by atoms with E-state index in [4.69, 9.17) is 10.5 Å². The van der Waals surface area contributed by atoms with Gasteiger partial charge in [-0.2, -0.15) is 0 Å². The van der Waals surface area contributed by atoms with Gasteiger partial charge in [-0.1, -0.05) is 58.3 Å². The van der Waals surface area contributed by atoms with E-state index in [2.05, 4.69) is 12.2 Å². The molecule has 5 heteroatoms. The number of nitrogens with one attached hydrogen (secondary N) is 1. The minimum Gasteiger partial charge on any atom is -0.467 e. The molecule has 0 aromatic heterocycles. The average Bonchev–Trinajstić information content (AvgIpc) is 2.59. The molecule has 0 saturated heterocycles. The maximum Gasteiger partial charge on any atom is 0.328 e. The molecule has 142 valence electrons. The number of unbranched alkanes of at least 4 members (excludes halogenated alkanes) is 9. The SMILES string of the molecule is CCCCCCCCCCCC(=O)N[C@@H](CCCCN)C(=O)OC. The van der Waals surface area contributed by atoms with Crippen LogP contribution in [0.3, 0.4) is 0 Å². The van der Waals surface area contributed by atoms with Crippen molar-refractivity contribution in [3.05, 3.63) is 0 Å². The van der Waals surface area contributed by atoms with Gasteiger partial charge in [-0.15, -0.1) is 0 Å². The van der Waals surface area contributed by atoms with Crippen LogP contribution >= 0.6 is 0 Å². The Bertz CT molecular complexity index is 322. The molecule has 1 amide bonds. The first-order chi connectivity index (χ1) is 11.7. The zero-order valence-electron chi connectivity index (χ0n) is 15.8. The Morgan fingerprint density at radius 2 is 1.50 bits per heavy atom. The molecule has 0 radical (unpaired) electrons. The Hall–Kier alpha value is -1.10. The molecular formula is C19H38N2O3. The van der Waals surface area contributed by atoms with Crippen LogP contribution in [0.2, 0.25) is 0 Å². The standard InChI is InChI=1S/C19H38N2O3/c1-3-4-5-6-7-8-9-10-11-15-18(22)21-17(19(23)24-2)14-12-13-16-20/h17H,3-16,20H2,1-2H3,(H,21,22)/t17-/m0/s1. The smallest absolute Gasteiger partial charge is 0.328 e. The van der Waals surface area contributed by atoms with Crippen molar-refractivity contribution in [2.24, 2.45) is 5.73 Å². The van der Waals surface area contributed by atoms with E-state index in [1.54, 1.807) is 0 Å². The van der Waals surface area contributed by atoms with Gasteiger partial charge in [0, 0.05) is 6.42 Å². The third kappa shape index (κ3) is 13.3. The van der Waals surface area contributed by atoms with Crippen LogP contribution in [-0.4, -0.2) is 31.6 Å². The van der Waals surface area contributed by atoms with Crippen molar-refractivity contribution in [2.75, 3.05) is 13.7 Å². The van der Waals surface area contributed by atoms with E-state index >= 15 is 0 Å². The van der Waals surface area contributed by atoms with Crippen molar-refractivity contribution >= 4 is 11.9 Å². The number of carbonyl (C=O) groups is 2. The van der Waals surface area contributed by atoms with Gasteiger partial charge in [0.05, 0.1) is 7.11 Å². The Labute approximate surface area is 148 Å². The molecule has 5 nitrogen and oxygen atoms in total. The second-order valence-corrected chi connectivity index (χ2v) is 6.51. The minimum atomic E-state index is -0.535. The van der Waals surface area contributed by atoms with Gasteiger partial charge in [0.2, 0.25) is 5.91 Å². The first-order valence-corrected chi connectivity index (χ1v) is 9.73. The first-order valence-electron chi connectivity index (χ1n) is 9.73. The fourth-order valence-corrected chi connectivity index (χ4v) is 2.75. The Morgan fingerprint density at radius 1 is 0.917 bits per heavy atom. The lowest BCUT2D eigenvalue weighted by Gasteiger charge is -2.16. The molecule has 0 aliphatic rings. The molecule has 0 saturated carbocycles. The first kappa shape index (κ1) is 22.9. The Morgan fingerprint density at radius 3 is 2.04 bits per heavy atom. The summed E-state index contributed by atoms with van der Waals surface area (Å²) in [5.41, 5.74) is 5.46. The molecule has 0 aromatic rings. The van der Waals surface area contributed by atoms with E-state index in [-0.39, 0.29) is 11.9 Å². The molecule has 0 bridgehead atoms. The number of methoxy groups -OCH3 is 1. The lowest BCUT2D eigenvalue weighted by Crippen LogP contribution is -2.41. The fourth-order valence-electron chi connectivity index (χ4n) is 2.75. The van der Waals surface area contributed by atoms with Crippen LogP contribution in [0.15, 0.2) is 0 Å². The monoisotopic (exact) mass is 342 g/mol. The van der Waals surface area contributed by atoms with Crippen LogP contribution in [0.1, 0.15) is 90.4 Å². The third-order valence-corrected chi connectivity index (χ3v) is 4.28. The summed E-state index contributed by atoms with van der Waals surface area (Å²) in [6.07, 6.45) is 13.8. The lowest BCUT2D eigenvalue weighted by molar-refractivity contribution is -0.145. The molecule has 24 heavy (non-hydrogen) atoms. The summed E-state index contributed by atoms with van der Waals surface area (Å²) in [6, 6.07) is -0.535. The molecular weight excluding hydrogens is 304 g/mol. The summed E-state index contributed by atoms with van der Waals surface area (Å²) in [6.45, 7) is 2.83. The van der Waals surface area contributed by atoms with E-state index in [1.807, 2.05) is 0 Å². The molecule has 0 aromatic carbocycles. The highest BCUT2D eigenvalue weighted by Gasteiger charge is 2.20. The van der Waals surface area contributed by atoms with Crippen molar-refractivity contribution in [3.8, 4) is 0 Å². The van der Waals surface area contributed by atoms with Gasteiger partial charge >= 0.3 is 5.97 Å². The lowest BCUT2D eigenvalue weighted by atomic mass is 10.1. The van der Waals surface area contributed by atoms with Gasteiger partial charge in [0.15, 0.2) is 0 Å². The minimum absolute atomic E-state index is 0.0545. The van der Waals surface area contributed by atoms with Gasteiger partial charge in [-0.25, -0.2) is 4.79 Å². The summed E-state index contributed by atoms with van der Waals surface area (Å²) in [5.74, 6) is -0.423. The van der Waals surface area contributed by atoms with E-state index < -0.39 is 6.04 Å². The van der Waals surface area contributed by atoms with Gasteiger partial charge in [0.25, 0.3) is 0 Å². The third-order valence-electron chi connectivity index (χ3n) is 4.28. The van der Waals surface area contributed by atoms with Crippen LogP contribution in [0.25, 0.3) is 0 Å². The van der Waals surface area contributed by atoms with Crippen molar-refractivity contribution in [2.45, 2.75) is 96.4 Å². The van der Waals surface area contributed by atoms with Crippen LogP contribution in [0, 0.1) is 0 Å². The average molecular weight is 343 g/mol. The molecule has 0 rings (SSSR count). The van der Waals surface area contributed by atoms with E-state index in [0.717, 1.165) is 25.7 Å². The van der Waals surface area contributed by atoms with Crippen molar-refractivity contribution < 1.29 is 14.3 Å². The number of hydrogen-bond donors (Lipinski definition) is 2. The predicted molar refractivity (Wildman–Crippen MR) is 98.7 cm³/mol. The summed E-state index contributed by atoms with van der Waals surface area (Å²) in [4.78, 5) is 23.7. The topological polar surface area (TPSA) is 81.4 Å². The zero-order chi connectivity index (χ0) is 18.0. The molecule has 1 atom stereocenters. The molecule has 0 unspecified atom stereocenters. The van der Waals surface area contributed by atoms with Crippen LogP contribution in [0.5, 0.6) is 0 Å².